The second-order valence-corrected chi connectivity index (χ2v) is 8.41. The molecule has 4 rings (SSSR count). The van der Waals surface area contributed by atoms with Crippen molar-refractivity contribution in [3.63, 3.8) is 0 Å². The van der Waals surface area contributed by atoms with Gasteiger partial charge in [0, 0.05) is 33.5 Å². The highest BCUT2D eigenvalue weighted by molar-refractivity contribution is 6.30. The number of carbonyl (C=O) groups excluding carboxylic acids is 1. The predicted octanol–water partition coefficient (Wildman–Crippen LogP) is 5.97. The normalized spacial score (nSPS) is 10.9. The molecule has 0 amide bonds. The fourth-order valence-corrected chi connectivity index (χ4v) is 3.34. The lowest BCUT2D eigenvalue weighted by Gasteiger charge is -2.11. The van der Waals surface area contributed by atoms with Crippen molar-refractivity contribution in [3.05, 3.63) is 100 Å². The average Bonchev–Trinajstić information content (AvgIpc) is 2.89. The number of aliphatic hydroxyl groups is 1. The molecule has 8 nitrogen and oxygen atoms in total. The molecule has 0 bridgehead atoms. The third-order valence-corrected chi connectivity index (χ3v) is 5.36. The molecule has 0 atom stereocenters. The fraction of sp³-hybridized carbons (Fsp3) is 0.0769. The van der Waals surface area contributed by atoms with Crippen LogP contribution in [0.15, 0.2) is 78.9 Å². The molecule has 0 spiro atoms. The molecule has 0 fully saturated rings. The Kier molecular flexibility index (Phi) is 8.46. The van der Waals surface area contributed by atoms with E-state index in [2.05, 4.69) is 30.9 Å². The molecular weight excluding hydrogens is 499 g/mol. The Morgan fingerprint density at radius 1 is 0.750 bits per heavy atom. The van der Waals surface area contributed by atoms with Gasteiger partial charge in [0.25, 0.3) is 0 Å². The van der Waals surface area contributed by atoms with Crippen molar-refractivity contribution in [1.29, 1.82) is 0 Å². The van der Waals surface area contributed by atoms with E-state index in [4.69, 9.17) is 28.3 Å². The summed E-state index contributed by atoms with van der Waals surface area (Å²) in [4.78, 5) is 25.6. The molecule has 0 saturated heterocycles. The smallest absolute Gasteiger partial charge is 0.233 e. The molecule has 4 N–H and O–H groups in total. The number of hydrogen-bond donors (Lipinski definition) is 4. The highest BCUT2D eigenvalue weighted by Gasteiger charge is 2.09. The number of nitrogens with zero attached hydrogens (tertiary/aromatic N) is 3. The number of rotatable bonds is 10. The van der Waals surface area contributed by atoms with Gasteiger partial charge in [-0.25, -0.2) is 0 Å². The van der Waals surface area contributed by atoms with E-state index in [0.717, 1.165) is 11.3 Å². The molecule has 36 heavy (non-hydrogen) atoms. The third-order valence-electron chi connectivity index (χ3n) is 4.85. The van der Waals surface area contributed by atoms with Crippen LogP contribution in [-0.2, 0) is 0 Å². The maximum atomic E-state index is 12.5. The van der Waals surface area contributed by atoms with Crippen LogP contribution in [0, 0.1) is 0 Å². The van der Waals surface area contributed by atoms with Crippen LogP contribution in [0.5, 0.6) is 0 Å². The minimum Gasteiger partial charge on any atom is -0.395 e. The van der Waals surface area contributed by atoms with Crippen LogP contribution in [0.1, 0.15) is 15.9 Å². The molecule has 0 aliphatic heterocycles. The minimum atomic E-state index is -0.124. The van der Waals surface area contributed by atoms with E-state index in [-0.39, 0.29) is 30.8 Å². The number of carbonyl (C=O) groups is 1. The summed E-state index contributed by atoms with van der Waals surface area (Å²) in [6.07, 6.45) is 3.26. The summed E-state index contributed by atoms with van der Waals surface area (Å²) in [5, 5.41) is 19.6. The van der Waals surface area contributed by atoms with Gasteiger partial charge in [-0.05, 0) is 72.3 Å². The molecule has 0 aliphatic carbocycles. The van der Waals surface area contributed by atoms with Crippen molar-refractivity contribution in [3.8, 4) is 0 Å². The van der Waals surface area contributed by atoms with Crippen molar-refractivity contribution >= 4 is 64.3 Å². The second-order valence-electron chi connectivity index (χ2n) is 7.54. The van der Waals surface area contributed by atoms with E-state index in [1.807, 2.05) is 12.1 Å². The maximum absolute atomic E-state index is 12.5. The number of aromatic nitrogens is 3. The van der Waals surface area contributed by atoms with Gasteiger partial charge < -0.3 is 21.1 Å². The highest BCUT2D eigenvalue weighted by Crippen LogP contribution is 2.21. The van der Waals surface area contributed by atoms with Crippen LogP contribution < -0.4 is 16.0 Å². The fourth-order valence-electron chi connectivity index (χ4n) is 3.09. The Morgan fingerprint density at radius 2 is 1.25 bits per heavy atom. The van der Waals surface area contributed by atoms with Gasteiger partial charge in [-0.3, -0.25) is 4.79 Å². The number of anilines is 5. The Balaban J connectivity index is 1.47. The average molecular weight is 521 g/mol. The summed E-state index contributed by atoms with van der Waals surface area (Å²) in [6, 6.07) is 21.3. The first-order valence-corrected chi connectivity index (χ1v) is 11.7. The van der Waals surface area contributed by atoms with Crippen LogP contribution in [0.3, 0.4) is 0 Å². The second kappa shape index (κ2) is 12.1. The van der Waals surface area contributed by atoms with Crippen LogP contribution in [-0.4, -0.2) is 39.0 Å². The van der Waals surface area contributed by atoms with Gasteiger partial charge in [0.1, 0.15) is 0 Å². The molecule has 1 heterocycles. The van der Waals surface area contributed by atoms with Gasteiger partial charge in [0.2, 0.25) is 17.8 Å². The molecule has 0 unspecified atom stereocenters. The van der Waals surface area contributed by atoms with E-state index in [0.29, 0.717) is 27.2 Å². The third kappa shape index (κ3) is 7.26. The zero-order valence-electron chi connectivity index (χ0n) is 19.0. The number of benzene rings is 3. The zero-order chi connectivity index (χ0) is 25.3. The predicted molar refractivity (Wildman–Crippen MR) is 145 cm³/mol. The largest absolute Gasteiger partial charge is 0.395 e. The van der Waals surface area contributed by atoms with Crippen molar-refractivity contribution < 1.29 is 9.90 Å². The first kappa shape index (κ1) is 25.1. The Hall–Kier alpha value is -3.98. The lowest BCUT2D eigenvalue weighted by Crippen LogP contribution is -2.12. The van der Waals surface area contributed by atoms with Crippen molar-refractivity contribution in [2.45, 2.75) is 0 Å². The van der Waals surface area contributed by atoms with Crippen LogP contribution in [0.2, 0.25) is 10.0 Å². The number of nitrogens with one attached hydrogen (secondary N) is 3. The van der Waals surface area contributed by atoms with Gasteiger partial charge >= 0.3 is 0 Å². The first-order valence-electron chi connectivity index (χ1n) is 11.0. The van der Waals surface area contributed by atoms with Gasteiger partial charge in [-0.15, -0.1) is 0 Å². The summed E-state index contributed by atoms with van der Waals surface area (Å²) < 4.78 is 0. The number of aliphatic hydroxyl groups excluding tert-OH is 1. The first-order chi connectivity index (χ1) is 17.5. The van der Waals surface area contributed by atoms with Crippen molar-refractivity contribution in [2.24, 2.45) is 0 Å². The summed E-state index contributed by atoms with van der Waals surface area (Å²) in [6.45, 7) is 0.209. The topological polar surface area (TPSA) is 112 Å². The molecule has 3 aromatic carbocycles. The Labute approximate surface area is 218 Å². The molecule has 0 aliphatic rings. The summed E-state index contributed by atoms with van der Waals surface area (Å²) >= 11 is 11.8. The number of hydrogen-bond acceptors (Lipinski definition) is 8. The quantitative estimate of drug-likeness (QED) is 0.149. The Morgan fingerprint density at radius 3 is 1.81 bits per heavy atom. The van der Waals surface area contributed by atoms with E-state index < -0.39 is 0 Å². The lowest BCUT2D eigenvalue weighted by atomic mass is 10.1. The SMILES string of the molecule is O=C(/C=C/c1ccc(Cl)cc1)c1ccc(Nc2nc(NCCO)nc(Nc3ccc(Cl)cc3)n2)cc1. The molecule has 1 aromatic heterocycles. The number of ketones is 1. The molecule has 4 aromatic rings. The molecule has 182 valence electrons. The van der Waals surface area contributed by atoms with E-state index in [1.165, 1.54) is 6.08 Å². The molecular formula is C26H22Cl2N6O2. The van der Waals surface area contributed by atoms with Crippen molar-refractivity contribution in [2.75, 3.05) is 29.1 Å². The van der Waals surface area contributed by atoms with E-state index in [9.17, 15) is 4.79 Å². The minimum absolute atomic E-state index is 0.0731. The Bertz CT molecular complexity index is 1340. The lowest BCUT2D eigenvalue weighted by molar-refractivity contribution is 0.104. The van der Waals surface area contributed by atoms with Crippen LogP contribution in [0.4, 0.5) is 29.2 Å². The highest BCUT2D eigenvalue weighted by atomic mass is 35.5. The van der Waals surface area contributed by atoms with Gasteiger partial charge in [0.05, 0.1) is 6.61 Å². The number of halogens is 2. The van der Waals surface area contributed by atoms with Gasteiger partial charge in [-0.2, -0.15) is 15.0 Å². The maximum Gasteiger partial charge on any atom is 0.233 e. The van der Waals surface area contributed by atoms with Crippen LogP contribution in [0.25, 0.3) is 6.08 Å². The monoisotopic (exact) mass is 520 g/mol. The van der Waals surface area contributed by atoms with Crippen molar-refractivity contribution in [1.82, 2.24) is 15.0 Å². The number of allylic oxidation sites excluding steroid dienone is 1. The van der Waals surface area contributed by atoms with Crippen LogP contribution >= 0.6 is 23.2 Å². The van der Waals surface area contributed by atoms with E-state index in [1.54, 1.807) is 66.7 Å². The van der Waals surface area contributed by atoms with E-state index >= 15 is 0 Å². The standard InChI is InChI=1S/C26H22Cl2N6O2/c27-19-6-1-17(2-7-19)3-14-23(36)18-4-10-21(11-5-18)30-25-32-24(29-15-16-35)33-26(34-25)31-22-12-8-20(28)9-13-22/h1-14,35H,15-16H2,(H3,29,30,31,32,33,34)/b14-3+. The van der Waals surface area contributed by atoms with Gasteiger partial charge in [-0.1, -0.05) is 41.4 Å². The summed E-state index contributed by atoms with van der Waals surface area (Å²) in [5.41, 5.74) is 2.86. The van der Waals surface area contributed by atoms with Gasteiger partial charge in [0.15, 0.2) is 5.78 Å². The summed E-state index contributed by atoms with van der Waals surface area (Å²) in [5.74, 6) is 0.747. The molecule has 10 heteroatoms. The molecule has 0 saturated carbocycles. The molecule has 0 radical (unpaired) electrons. The zero-order valence-corrected chi connectivity index (χ0v) is 20.5. The summed E-state index contributed by atoms with van der Waals surface area (Å²) in [7, 11) is 0.